The molecule has 0 spiro atoms. The molecule has 1 fully saturated rings. The number of rotatable bonds is 10. The number of nitrogens with one attached hydrogen (secondary N) is 2. The zero-order valence-corrected chi connectivity index (χ0v) is 23.7. The highest BCUT2D eigenvalue weighted by molar-refractivity contribution is 5.97. The molecule has 0 aliphatic carbocycles. The van der Waals surface area contributed by atoms with Crippen LogP contribution >= 0.6 is 0 Å². The Kier molecular flexibility index (Phi) is 10.5. The lowest BCUT2D eigenvalue weighted by atomic mass is 10.0. The largest absolute Gasteiger partial charge is 0.446 e. The van der Waals surface area contributed by atoms with Crippen LogP contribution in [0.15, 0.2) is 78.9 Å². The van der Waals surface area contributed by atoms with Crippen molar-refractivity contribution in [3.63, 3.8) is 0 Å². The van der Waals surface area contributed by atoms with Crippen molar-refractivity contribution >= 4 is 29.3 Å². The van der Waals surface area contributed by atoms with E-state index in [9.17, 15) is 14.4 Å². The maximum atomic E-state index is 13.0. The Hall–Kier alpha value is -4.21. The summed E-state index contributed by atoms with van der Waals surface area (Å²) in [5.41, 5.74) is 9.46. The van der Waals surface area contributed by atoms with Gasteiger partial charge < -0.3 is 25.6 Å². The summed E-state index contributed by atoms with van der Waals surface area (Å²) in [6.45, 7) is 4.61. The highest BCUT2D eigenvalue weighted by Gasteiger charge is 2.23. The number of para-hydroxylation sites is 1. The van der Waals surface area contributed by atoms with Crippen LogP contribution in [0, 0.1) is 0 Å². The summed E-state index contributed by atoms with van der Waals surface area (Å²) in [7, 11) is 1.77. The number of carbonyl (C=O) groups excluding carboxylic acids is 3. The predicted octanol–water partition coefficient (Wildman–Crippen LogP) is 4.81. The summed E-state index contributed by atoms with van der Waals surface area (Å²) in [4.78, 5) is 41.6. The average molecular weight is 558 g/mol. The van der Waals surface area contributed by atoms with Crippen LogP contribution in [-0.4, -0.2) is 73.1 Å². The summed E-state index contributed by atoms with van der Waals surface area (Å²) in [5.74, 6) is -0.293. The van der Waals surface area contributed by atoms with Crippen LogP contribution in [0.25, 0.3) is 11.1 Å². The second-order valence-electron chi connectivity index (χ2n) is 10.5. The first-order valence-electron chi connectivity index (χ1n) is 14.0. The standard InChI is InChI=1S/C32H39N5O4/c1-23(33)21-30(38)34-26-12-8-11-25(22-26)31(39)36(2)19-20-37-17-15-27(16-18-37)41-32(40)35-29-14-7-6-13-28(29)24-9-4-3-5-10-24/h3-14,22-23,27H,15-21,33H2,1-2H3,(H,34,38)(H,35,40). The molecular formula is C32H39N5O4. The molecule has 1 aliphatic heterocycles. The molecule has 1 unspecified atom stereocenters. The van der Waals surface area contributed by atoms with Crippen molar-refractivity contribution in [2.75, 3.05) is 43.9 Å². The summed E-state index contributed by atoms with van der Waals surface area (Å²) >= 11 is 0. The van der Waals surface area contributed by atoms with Crippen molar-refractivity contribution in [1.82, 2.24) is 9.80 Å². The predicted molar refractivity (Wildman–Crippen MR) is 162 cm³/mol. The molecule has 4 rings (SSSR count). The summed E-state index contributed by atoms with van der Waals surface area (Å²) < 4.78 is 5.74. The molecule has 1 saturated heterocycles. The Morgan fingerprint density at radius 2 is 1.68 bits per heavy atom. The number of ether oxygens (including phenoxy) is 1. The van der Waals surface area contributed by atoms with E-state index in [0.29, 0.717) is 23.5 Å². The molecule has 41 heavy (non-hydrogen) atoms. The third kappa shape index (κ3) is 8.89. The Balaban J connectivity index is 1.20. The van der Waals surface area contributed by atoms with Crippen LogP contribution in [0.2, 0.25) is 0 Å². The number of piperidine rings is 1. The van der Waals surface area contributed by atoms with Gasteiger partial charge in [0.25, 0.3) is 5.91 Å². The van der Waals surface area contributed by atoms with E-state index < -0.39 is 6.09 Å². The van der Waals surface area contributed by atoms with Crippen LogP contribution in [-0.2, 0) is 9.53 Å². The van der Waals surface area contributed by atoms with Gasteiger partial charge in [-0.1, -0.05) is 54.6 Å². The zero-order chi connectivity index (χ0) is 29.2. The molecule has 216 valence electrons. The van der Waals surface area contributed by atoms with Crippen molar-refractivity contribution in [1.29, 1.82) is 0 Å². The highest BCUT2D eigenvalue weighted by atomic mass is 16.6. The average Bonchev–Trinajstić information content (AvgIpc) is 2.96. The van der Waals surface area contributed by atoms with Gasteiger partial charge in [0.15, 0.2) is 0 Å². The molecule has 3 amide bonds. The molecule has 1 aliphatic rings. The normalized spacial score (nSPS) is 14.6. The zero-order valence-electron chi connectivity index (χ0n) is 23.7. The SMILES string of the molecule is CC(N)CC(=O)Nc1cccc(C(=O)N(C)CCN2CCC(OC(=O)Nc3ccccc3-c3ccccc3)CC2)c1. The number of anilines is 2. The maximum Gasteiger partial charge on any atom is 0.411 e. The first-order chi connectivity index (χ1) is 19.8. The fourth-order valence-corrected chi connectivity index (χ4v) is 4.85. The lowest BCUT2D eigenvalue weighted by Gasteiger charge is -2.32. The fraction of sp³-hybridized carbons (Fsp3) is 0.344. The lowest BCUT2D eigenvalue weighted by molar-refractivity contribution is -0.116. The van der Waals surface area contributed by atoms with Crippen LogP contribution in [0.1, 0.15) is 36.5 Å². The van der Waals surface area contributed by atoms with E-state index in [-0.39, 0.29) is 30.4 Å². The number of amides is 3. The number of hydrogen-bond donors (Lipinski definition) is 3. The monoisotopic (exact) mass is 557 g/mol. The van der Waals surface area contributed by atoms with Crippen molar-refractivity contribution in [2.45, 2.75) is 38.3 Å². The van der Waals surface area contributed by atoms with E-state index in [0.717, 1.165) is 43.6 Å². The second-order valence-corrected chi connectivity index (χ2v) is 10.5. The highest BCUT2D eigenvalue weighted by Crippen LogP contribution is 2.28. The molecule has 1 atom stereocenters. The molecular weight excluding hydrogens is 518 g/mol. The van der Waals surface area contributed by atoms with Gasteiger partial charge in [0.1, 0.15) is 6.10 Å². The van der Waals surface area contributed by atoms with E-state index >= 15 is 0 Å². The molecule has 1 heterocycles. The minimum Gasteiger partial charge on any atom is -0.446 e. The van der Waals surface area contributed by atoms with Gasteiger partial charge in [-0.3, -0.25) is 14.9 Å². The molecule has 0 bridgehead atoms. The number of likely N-dealkylation sites (tertiary alicyclic amines) is 1. The van der Waals surface area contributed by atoms with Crippen molar-refractivity contribution in [2.24, 2.45) is 5.73 Å². The number of nitrogens with zero attached hydrogens (tertiary/aromatic N) is 2. The van der Waals surface area contributed by atoms with E-state index in [2.05, 4.69) is 15.5 Å². The topological polar surface area (TPSA) is 117 Å². The quantitative estimate of drug-likeness (QED) is 0.329. The Bertz CT molecular complexity index is 1320. The van der Waals surface area contributed by atoms with Crippen LogP contribution in [0.5, 0.6) is 0 Å². The van der Waals surface area contributed by atoms with E-state index in [1.165, 1.54) is 0 Å². The van der Waals surface area contributed by atoms with Crippen molar-refractivity contribution in [3.8, 4) is 11.1 Å². The summed E-state index contributed by atoms with van der Waals surface area (Å²) in [6.07, 6.45) is 1.07. The number of benzene rings is 3. The maximum absolute atomic E-state index is 13.0. The minimum absolute atomic E-state index is 0.112. The molecule has 0 radical (unpaired) electrons. The van der Waals surface area contributed by atoms with Gasteiger partial charge in [0.05, 0.1) is 5.69 Å². The van der Waals surface area contributed by atoms with Gasteiger partial charge >= 0.3 is 6.09 Å². The van der Waals surface area contributed by atoms with E-state index in [1.54, 1.807) is 43.1 Å². The number of nitrogens with two attached hydrogens (primary N) is 1. The van der Waals surface area contributed by atoms with Gasteiger partial charge in [-0.05, 0) is 49.6 Å². The number of carbonyl (C=O) groups is 3. The van der Waals surface area contributed by atoms with Gasteiger partial charge in [-0.15, -0.1) is 0 Å². The smallest absolute Gasteiger partial charge is 0.411 e. The van der Waals surface area contributed by atoms with Gasteiger partial charge in [-0.25, -0.2) is 4.79 Å². The third-order valence-electron chi connectivity index (χ3n) is 7.06. The fourth-order valence-electron chi connectivity index (χ4n) is 4.85. The molecule has 3 aromatic rings. The van der Waals surface area contributed by atoms with Gasteiger partial charge in [-0.2, -0.15) is 0 Å². The number of hydrogen-bond acceptors (Lipinski definition) is 6. The van der Waals surface area contributed by atoms with Crippen molar-refractivity contribution in [3.05, 3.63) is 84.4 Å². The van der Waals surface area contributed by atoms with Crippen LogP contribution < -0.4 is 16.4 Å². The minimum atomic E-state index is -0.451. The molecule has 3 aromatic carbocycles. The second kappa shape index (κ2) is 14.4. The number of likely N-dealkylation sites (N-methyl/N-ethyl adjacent to an activating group) is 1. The Morgan fingerprint density at radius 3 is 2.41 bits per heavy atom. The van der Waals surface area contributed by atoms with Crippen LogP contribution in [0.3, 0.4) is 0 Å². The summed E-state index contributed by atoms with van der Waals surface area (Å²) in [6, 6.07) is 24.3. The first-order valence-corrected chi connectivity index (χ1v) is 14.0. The molecule has 4 N–H and O–H groups in total. The molecule has 0 saturated carbocycles. The summed E-state index contributed by atoms with van der Waals surface area (Å²) in [5, 5.41) is 5.70. The third-order valence-corrected chi connectivity index (χ3v) is 7.06. The molecule has 9 heteroatoms. The lowest BCUT2D eigenvalue weighted by Crippen LogP contribution is -2.42. The first kappa shape index (κ1) is 29.8. The van der Waals surface area contributed by atoms with Crippen LogP contribution in [0.4, 0.5) is 16.2 Å². The van der Waals surface area contributed by atoms with Gasteiger partial charge in [0.2, 0.25) is 5.91 Å². The van der Waals surface area contributed by atoms with Crippen molar-refractivity contribution < 1.29 is 19.1 Å². The Labute approximate surface area is 241 Å². The van der Waals surface area contributed by atoms with E-state index in [1.807, 2.05) is 54.6 Å². The molecule has 0 aromatic heterocycles. The van der Waals surface area contributed by atoms with Gasteiger partial charge in [0, 0.05) is 62.5 Å². The van der Waals surface area contributed by atoms with E-state index in [4.69, 9.17) is 10.5 Å². The molecule has 9 nitrogen and oxygen atoms in total. The Morgan fingerprint density at radius 1 is 0.976 bits per heavy atom.